The molecule has 2 aromatic rings. The van der Waals surface area contributed by atoms with Crippen molar-refractivity contribution in [3.05, 3.63) is 41.9 Å². The van der Waals surface area contributed by atoms with Gasteiger partial charge >= 0.3 is 0 Å². The van der Waals surface area contributed by atoms with Crippen molar-refractivity contribution in [1.82, 2.24) is 14.8 Å². The van der Waals surface area contributed by atoms with E-state index in [1.807, 2.05) is 31.4 Å². The zero-order chi connectivity index (χ0) is 13.0. The Hall–Kier alpha value is -1.88. The van der Waals surface area contributed by atoms with Crippen molar-refractivity contribution in [3.8, 4) is 5.88 Å². The van der Waals surface area contributed by atoms with Gasteiger partial charge in [0, 0.05) is 38.0 Å². The third-order valence-corrected chi connectivity index (χ3v) is 2.74. The predicted octanol–water partition coefficient (Wildman–Crippen LogP) is 0.936. The highest BCUT2D eigenvalue weighted by Gasteiger charge is 2.08. The van der Waals surface area contributed by atoms with Gasteiger partial charge in [-0.3, -0.25) is 4.68 Å². The molecule has 18 heavy (non-hydrogen) atoms. The van der Waals surface area contributed by atoms with Gasteiger partial charge in [0.15, 0.2) is 0 Å². The molecule has 2 N–H and O–H groups in total. The Morgan fingerprint density at radius 1 is 1.33 bits per heavy atom. The van der Waals surface area contributed by atoms with E-state index in [4.69, 9.17) is 10.5 Å². The molecule has 0 aliphatic rings. The topological polar surface area (TPSA) is 66.0 Å². The first-order valence-corrected chi connectivity index (χ1v) is 5.90. The Bertz CT molecular complexity index is 492. The molecule has 2 heterocycles. The first kappa shape index (κ1) is 12.6. The largest absolute Gasteiger partial charge is 0.481 e. The Morgan fingerprint density at radius 3 is 2.72 bits per heavy atom. The number of hydrogen-bond donors (Lipinski definition) is 1. The van der Waals surface area contributed by atoms with Crippen molar-refractivity contribution >= 4 is 0 Å². The molecule has 0 radical (unpaired) electrons. The molecule has 0 fully saturated rings. The minimum absolute atomic E-state index is 0.0510. The van der Waals surface area contributed by atoms with Gasteiger partial charge in [-0.05, 0) is 18.1 Å². The van der Waals surface area contributed by atoms with Crippen molar-refractivity contribution in [3.63, 3.8) is 0 Å². The maximum Gasteiger partial charge on any atom is 0.212 e. The van der Waals surface area contributed by atoms with Crippen molar-refractivity contribution < 1.29 is 4.74 Å². The summed E-state index contributed by atoms with van der Waals surface area (Å²) in [5, 5.41) is 4.32. The maximum absolute atomic E-state index is 6.11. The molecule has 1 atom stereocenters. The van der Waals surface area contributed by atoms with Gasteiger partial charge in [-0.1, -0.05) is 6.07 Å². The smallest absolute Gasteiger partial charge is 0.212 e. The van der Waals surface area contributed by atoms with Crippen LogP contribution in [0.4, 0.5) is 0 Å². The van der Waals surface area contributed by atoms with Crippen LogP contribution in [0, 0.1) is 0 Å². The van der Waals surface area contributed by atoms with Crippen molar-refractivity contribution in [2.45, 2.75) is 18.9 Å². The molecule has 0 saturated carbocycles. The summed E-state index contributed by atoms with van der Waals surface area (Å²) in [6, 6.07) is 5.88. The number of nitrogens with two attached hydrogens (primary N) is 1. The fourth-order valence-electron chi connectivity index (χ4n) is 1.87. The summed E-state index contributed by atoms with van der Waals surface area (Å²) in [6.45, 7) is 0. The molecular formula is C13H18N4O. The second-order valence-electron chi connectivity index (χ2n) is 4.36. The Balaban J connectivity index is 1.91. The quantitative estimate of drug-likeness (QED) is 0.852. The van der Waals surface area contributed by atoms with Crippen LogP contribution in [-0.2, 0) is 19.9 Å². The van der Waals surface area contributed by atoms with E-state index in [0.717, 1.165) is 24.1 Å². The van der Waals surface area contributed by atoms with Gasteiger partial charge in [0.05, 0.1) is 12.8 Å². The summed E-state index contributed by atoms with van der Waals surface area (Å²) in [4.78, 5) is 4.16. The second-order valence-corrected chi connectivity index (χ2v) is 4.36. The van der Waals surface area contributed by atoms with Crippen LogP contribution in [0.1, 0.15) is 11.3 Å². The standard InChI is InChI=1S/C13H18N4O/c1-17-6-5-12(16-17)8-11(14)7-10-3-4-13(18-2)15-9-10/h3-6,9,11H,7-8,14H2,1-2H3. The molecule has 5 heteroatoms. The molecule has 0 amide bonds. The highest BCUT2D eigenvalue weighted by molar-refractivity contribution is 5.19. The highest BCUT2D eigenvalue weighted by atomic mass is 16.5. The van der Waals surface area contributed by atoms with E-state index >= 15 is 0 Å². The molecule has 0 bridgehead atoms. The number of aromatic nitrogens is 3. The molecule has 96 valence electrons. The lowest BCUT2D eigenvalue weighted by Gasteiger charge is -2.10. The molecule has 0 aliphatic heterocycles. The van der Waals surface area contributed by atoms with Crippen LogP contribution in [0.25, 0.3) is 0 Å². The summed E-state index contributed by atoms with van der Waals surface area (Å²) in [6.07, 6.45) is 5.29. The maximum atomic E-state index is 6.11. The summed E-state index contributed by atoms with van der Waals surface area (Å²) in [5.41, 5.74) is 8.24. The molecule has 2 rings (SSSR count). The number of nitrogens with zero attached hydrogens (tertiary/aromatic N) is 3. The number of methoxy groups -OCH3 is 1. The molecule has 2 aromatic heterocycles. The first-order valence-electron chi connectivity index (χ1n) is 5.90. The normalized spacial score (nSPS) is 12.4. The number of aryl methyl sites for hydroxylation is 1. The molecule has 0 aliphatic carbocycles. The van der Waals surface area contributed by atoms with Crippen LogP contribution >= 0.6 is 0 Å². The number of ether oxygens (including phenoxy) is 1. The third kappa shape index (κ3) is 3.30. The van der Waals surface area contributed by atoms with E-state index in [2.05, 4.69) is 10.1 Å². The van der Waals surface area contributed by atoms with Gasteiger partial charge in [-0.15, -0.1) is 0 Å². The van der Waals surface area contributed by atoms with E-state index in [9.17, 15) is 0 Å². The molecule has 0 saturated heterocycles. The average molecular weight is 246 g/mol. The highest BCUT2D eigenvalue weighted by Crippen LogP contribution is 2.09. The lowest BCUT2D eigenvalue weighted by atomic mass is 10.0. The molecule has 5 nitrogen and oxygen atoms in total. The monoisotopic (exact) mass is 246 g/mol. The van der Waals surface area contributed by atoms with E-state index in [1.165, 1.54) is 0 Å². The molecular weight excluding hydrogens is 228 g/mol. The fourth-order valence-corrected chi connectivity index (χ4v) is 1.87. The van der Waals surface area contributed by atoms with Crippen LogP contribution in [0.2, 0.25) is 0 Å². The van der Waals surface area contributed by atoms with E-state index in [0.29, 0.717) is 5.88 Å². The van der Waals surface area contributed by atoms with Crippen molar-refractivity contribution in [1.29, 1.82) is 0 Å². The summed E-state index contributed by atoms with van der Waals surface area (Å²) >= 11 is 0. The van der Waals surface area contributed by atoms with Gasteiger partial charge in [-0.2, -0.15) is 5.10 Å². The lowest BCUT2D eigenvalue weighted by molar-refractivity contribution is 0.397. The Kier molecular flexibility index (Phi) is 3.94. The van der Waals surface area contributed by atoms with Crippen LogP contribution in [0.3, 0.4) is 0 Å². The minimum Gasteiger partial charge on any atom is -0.481 e. The van der Waals surface area contributed by atoms with Crippen LogP contribution < -0.4 is 10.5 Å². The number of rotatable bonds is 5. The second kappa shape index (κ2) is 5.64. The number of pyridine rings is 1. The fraction of sp³-hybridized carbons (Fsp3) is 0.385. The summed E-state index contributed by atoms with van der Waals surface area (Å²) < 4.78 is 6.81. The first-order chi connectivity index (χ1) is 8.67. The summed E-state index contributed by atoms with van der Waals surface area (Å²) in [7, 11) is 3.51. The van der Waals surface area contributed by atoms with E-state index < -0.39 is 0 Å². The van der Waals surface area contributed by atoms with Crippen LogP contribution in [-0.4, -0.2) is 27.9 Å². The van der Waals surface area contributed by atoms with Gasteiger partial charge in [0.1, 0.15) is 0 Å². The molecule has 1 unspecified atom stereocenters. The van der Waals surface area contributed by atoms with E-state index in [1.54, 1.807) is 18.0 Å². The SMILES string of the molecule is COc1ccc(CC(N)Cc2ccn(C)n2)cn1. The van der Waals surface area contributed by atoms with Crippen molar-refractivity contribution in [2.24, 2.45) is 12.8 Å². The summed E-state index contributed by atoms with van der Waals surface area (Å²) in [5.74, 6) is 0.622. The van der Waals surface area contributed by atoms with Gasteiger partial charge < -0.3 is 10.5 Å². The van der Waals surface area contributed by atoms with Crippen molar-refractivity contribution in [2.75, 3.05) is 7.11 Å². The van der Waals surface area contributed by atoms with Gasteiger partial charge in [0.25, 0.3) is 0 Å². The van der Waals surface area contributed by atoms with Gasteiger partial charge in [0.2, 0.25) is 5.88 Å². The Morgan fingerprint density at radius 2 is 2.17 bits per heavy atom. The van der Waals surface area contributed by atoms with Crippen LogP contribution in [0.15, 0.2) is 30.6 Å². The van der Waals surface area contributed by atoms with E-state index in [-0.39, 0.29) is 6.04 Å². The molecule has 0 spiro atoms. The average Bonchev–Trinajstić information content (AvgIpc) is 2.75. The molecule has 0 aromatic carbocycles. The number of hydrogen-bond acceptors (Lipinski definition) is 4. The van der Waals surface area contributed by atoms with Crippen LogP contribution in [0.5, 0.6) is 5.88 Å². The lowest BCUT2D eigenvalue weighted by Crippen LogP contribution is -2.25. The zero-order valence-corrected chi connectivity index (χ0v) is 10.7. The predicted molar refractivity (Wildman–Crippen MR) is 69.4 cm³/mol. The third-order valence-electron chi connectivity index (χ3n) is 2.74. The zero-order valence-electron chi connectivity index (χ0n) is 10.7. The minimum atomic E-state index is 0.0510. The van der Waals surface area contributed by atoms with Gasteiger partial charge in [-0.25, -0.2) is 4.98 Å². The Labute approximate surface area is 107 Å².